The molecule has 9 heteroatoms. The minimum absolute atomic E-state index is 0.00969. The summed E-state index contributed by atoms with van der Waals surface area (Å²) in [4.78, 5) is 13.7. The molecule has 1 saturated heterocycles. The summed E-state index contributed by atoms with van der Waals surface area (Å²) < 4.78 is 29.8. The van der Waals surface area contributed by atoms with Gasteiger partial charge in [0.05, 0.1) is 18.1 Å². The minimum Gasteiger partial charge on any atom is -0.468 e. The Labute approximate surface area is 131 Å². The Hall–Kier alpha value is -0.770. The molecule has 1 fully saturated rings. The van der Waals surface area contributed by atoms with Gasteiger partial charge < -0.3 is 10.5 Å². The number of ether oxygens (including phenoxy) is 1. The van der Waals surface area contributed by atoms with Crippen molar-refractivity contribution >= 4 is 33.2 Å². The van der Waals surface area contributed by atoms with Crippen molar-refractivity contribution in [2.24, 2.45) is 5.73 Å². The van der Waals surface area contributed by atoms with E-state index in [0.717, 1.165) is 12.8 Å². The fourth-order valence-electron chi connectivity index (χ4n) is 2.37. The number of hydrogen-bond acceptors (Lipinski definition) is 6. The largest absolute Gasteiger partial charge is 0.468 e. The molecule has 1 aliphatic heterocycles. The third-order valence-corrected chi connectivity index (χ3v) is 5.55. The highest BCUT2D eigenvalue weighted by molar-refractivity contribution is 7.89. The second-order valence-corrected chi connectivity index (χ2v) is 7.41. The zero-order valence-electron chi connectivity index (χ0n) is 12.4. The van der Waals surface area contributed by atoms with Crippen LogP contribution in [0.1, 0.15) is 19.8 Å². The van der Waals surface area contributed by atoms with Crippen molar-refractivity contribution in [1.82, 2.24) is 9.21 Å². The van der Waals surface area contributed by atoms with E-state index in [1.165, 1.54) is 11.4 Å². The molecule has 0 spiro atoms. The average molecular weight is 337 g/mol. The standard InChI is InChI=1S/C12H23N3O4S2/c1-3-4-10(12(13)20)14-5-7-15(8-6-14)21(17,18)9-11(16)19-2/h10H,3-9H2,1-2H3,(H2,13,20). The first-order valence-corrected chi connectivity index (χ1v) is 8.91. The monoisotopic (exact) mass is 337 g/mol. The molecule has 0 radical (unpaired) electrons. The Morgan fingerprint density at radius 1 is 1.33 bits per heavy atom. The highest BCUT2D eigenvalue weighted by Crippen LogP contribution is 2.14. The number of rotatable bonds is 7. The van der Waals surface area contributed by atoms with Crippen LogP contribution in [0, 0.1) is 0 Å². The van der Waals surface area contributed by atoms with Gasteiger partial charge in [0.1, 0.15) is 0 Å². The van der Waals surface area contributed by atoms with Gasteiger partial charge >= 0.3 is 5.97 Å². The molecule has 0 aliphatic carbocycles. The molecular weight excluding hydrogens is 314 g/mol. The van der Waals surface area contributed by atoms with Gasteiger partial charge in [0.2, 0.25) is 10.0 Å². The second-order valence-electron chi connectivity index (χ2n) is 4.97. The van der Waals surface area contributed by atoms with Crippen molar-refractivity contribution in [3.8, 4) is 0 Å². The number of carbonyl (C=O) groups is 1. The number of thiocarbonyl (C=S) groups is 1. The number of nitrogens with zero attached hydrogens (tertiary/aromatic N) is 2. The molecule has 122 valence electrons. The van der Waals surface area contributed by atoms with E-state index >= 15 is 0 Å². The maximum Gasteiger partial charge on any atom is 0.322 e. The van der Waals surface area contributed by atoms with Crippen LogP contribution in [0.2, 0.25) is 0 Å². The third-order valence-electron chi connectivity index (χ3n) is 3.53. The second kappa shape index (κ2) is 8.02. The Morgan fingerprint density at radius 2 is 1.90 bits per heavy atom. The number of piperazine rings is 1. The number of hydrogen-bond donors (Lipinski definition) is 1. The Kier molecular flexibility index (Phi) is 6.98. The van der Waals surface area contributed by atoms with Gasteiger partial charge in [0, 0.05) is 26.2 Å². The van der Waals surface area contributed by atoms with E-state index in [1.54, 1.807) is 0 Å². The Morgan fingerprint density at radius 3 is 2.33 bits per heavy atom. The summed E-state index contributed by atoms with van der Waals surface area (Å²) in [5, 5.41) is 0. The summed E-state index contributed by atoms with van der Waals surface area (Å²) in [5.74, 6) is -1.36. The van der Waals surface area contributed by atoms with Gasteiger partial charge in [0.15, 0.2) is 5.75 Å². The third kappa shape index (κ3) is 5.17. The molecule has 0 bridgehead atoms. The van der Waals surface area contributed by atoms with Crippen molar-refractivity contribution < 1.29 is 17.9 Å². The molecule has 1 heterocycles. The zero-order valence-corrected chi connectivity index (χ0v) is 14.1. The van der Waals surface area contributed by atoms with E-state index in [4.69, 9.17) is 18.0 Å². The van der Waals surface area contributed by atoms with Gasteiger partial charge in [-0.15, -0.1) is 0 Å². The molecule has 1 rings (SSSR count). The molecule has 1 unspecified atom stereocenters. The number of methoxy groups -OCH3 is 1. The van der Waals surface area contributed by atoms with Crippen molar-refractivity contribution in [2.45, 2.75) is 25.8 Å². The smallest absolute Gasteiger partial charge is 0.322 e. The first-order valence-electron chi connectivity index (χ1n) is 6.89. The fraction of sp³-hybridized carbons (Fsp3) is 0.833. The maximum atomic E-state index is 12.0. The van der Waals surface area contributed by atoms with Gasteiger partial charge in [-0.25, -0.2) is 8.42 Å². The van der Waals surface area contributed by atoms with Gasteiger partial charge in [-0.2, -0.15) is 4.31 Å². The van der Waals surface area contributed by atoms with E-state index < -0.39 is 21.7 Å². The molecular formula is C12H23N3O4S2. The zero-order chi connectivity index (χ0) is 16.0. The molecule has 1 aliphatic rings. The van der Waals surface area contributed by atoms with Crippen LogP contribution in [-0.2, 0) is 19.6 Å². The summed E-state index contributed by atoms with van der Waals surface area (Å²) in [6.45, 7) is 3.84. The molecule has 0 amide bonds. The van der Waals surface area contributed by atoms with E-state index in [0.29, 0.717) is 31.2 Å². The first-order chi connectivity index (χ1) is 9.81. The average Bonchev–Trinajstić information content (AvgIpc) is 2.44. The molecule has 7 nitrogen and oxygen atoms in total. The predicted octanol–water partition coefficient (Wildman–Crippen LogP) is -0.438. The number of esters is 1. The quantitative estimate of drug-likeness (QED) is 0.497. The van der Waals surface area contributed by atoms with Crippen LogP contribution >= 0.6 is 12.2 Å². The maximum absolute atomic E-state index is 12.0. The van der Waals surface area contributed by atoms with Gasteiger partial charge in [-0.3, -0.25) is 9.69 Å². The molecule has 0 saturated carbocycles. The van der Waals surface area contributed by atoms with Crippen molar-refractivity contribution in [1.29, 1.82) is 0 Å². The highest BCUT2D eigenvalue weighted by atomic mass is 32.2. The summed E-state index contributed by atoms with van der Waals surface area (Å²) in [7, 11) is -2.43. The lowest BCUT2D eigenvalue weighted by Crippen LogP contribution is -2.55. The Balaban J connectivity index is 2.62. The lowest BCUT2D eigenvalue weighted by atomic mass is 10.1. The normalized spacial score (nSPS) is 19.1. The predicted molar refractivity (Wildman–Crippen MR) is 84.4 cm³/mol. The van der Waals surface area contributed by atoms with Gasteiger partial charge in [0.25, 0.3) is 0 Å². The lowest BCUT2D eigenvalue weighted by molar-refractivity contribution is -0.137. The van der Waals surface area contributed by atoms with E-state index in [1.807, 2.05) is 0 Å². The van der Waals surface area contributed by atoms with Crippen molar-refractivity contribution in [2.75, 3.05) is 39.0 Å². The van der Waals surface area contributed by atoms with E-state index in [2.05, 4.69) is 16.6 Å². The van der Waals surface area contributed by atoms with E-state index in [9.17, 15) is 13.2 Å². The molecule has 2 N–H and O–H groups in total. The summed E-state index contributed by atoms with van der Waals surface area (Å²) in [6, 6.07) is 0.00969. The lowest BCUT2D eigenvalue weighted by Gasteiger charge is -2.38. The molecule has 0 aromatic carbocycles. The first kappa shape index (κ1) is 18.3. The fourth-order valence-corrected chi connectivity index (χ4v) is 3.96. The number of carbonyl (C=O) groups excluding carboxylic acids is 1. The molecule has 0 aromatic rings. The summed E-state index contributed by atoms with van der Waals surface area (Å²) in [5.41, 5.74) is 5.75. The summed E-state index contributed by atoms with van der Waals surface area (Å²) in [6.07, 6.45) is 1.83. The molecule has 1 atom stereocenters. The van der Waals surface area contributed by atoms with Crippen LogP contribution in [0.3, 0.4) is 0 Å². The van der Waals surface area contributed by atoms with Crippen LogP contribution in [0.25, 0.3) is 0 Å². The Bertz CT molecular complexity index is 473. The topological polar surface area (TPSA) is 92.9 Å². The van der Waals surface area contributed by atoms with Gasteiger partial charge in [-0.1, -0.05) is 25.6 Å². The number of nitrogens with two attached hydrogens (primary N) is 1. The van der Waals surface area contributed by atoms with E-state index in [-0.39, 0.29) is 6.04 Å². The number of sulfonamides is 1. The SMILES string of the molecule is CCCC(C(N)=S)N1CCN(S(=O)(=O)CC(=O)OC)CC1. The van der Waals surface area contributed by atoms with Crippen LogP contribution < -0.4 is 5.73 Å². The van der Waals surface area contributed by atoms with Crippen LogP contribution in [0.4, 0.5) is 0 Å². The van der Waals surface area contributed by atoms with Gasteiger partial charge in [-0.05, 0) is 6.42 Å². The minimum atomic E-state index is -3.61. The van der Waals surface area contributed by atoms with Crippen LogP contribution in [0.15, 0.2) is 0 Å². The molecule has 21 heavy (non-hydrogen) atoms. The van der Waals surface area contributed by atoms with Crippen LogP contribution in [0.5, 0.6) is 0 Å². The van der Waals surface area contributed by atoms with Crippen molar-refractivity contribution in [3.63, 3.8) is 0 Å². The highest BCUT2D eigenvalue weighted by Gasteiger charge is 2.32. The molecule has 0 aromatic heterocycles. The summed E-state index contributed by atoms with van der Waals surface area (Å²) >= 11 is 5.08. The van der Waals surface area contributed by atoms with Crippen molar-refractivity contribution in [3.05, 3.63) is 0 Å². The van der Waals surface area contributed by atoms with Crippen LogP contribution in [-0.4, -0.2) is 73.7 Å².